The molecule has 0 saturated heterocycles. The van der Waals surface area contributed by atoms with Gasteiger partial charge in [0.15, 0.2) is 0 Å². The van der Waals surface area contributed by atoms with Gasteiger partial charge in [0, 0.05) is 7.05 Å². The third-order valence-electron chi connectivity index (χ3n) is 1.48. The van der Waals surface area contributed by atoms with Gasteiger partial charge in [0.1, 0.15) is 0 Å². The van der Waals surface area contributed by atoms with E-state index in [9.17, 15) is 5.11 Å². The fraction of sp³-hybridized carbons (Fsp3) is 0.667. The minimum absolute atomic E-state index is 0.431. The van der Waals surface area contributed by atoms with Crippen molar-refractivity contribution in [1.82, 2.24) is 15.0 Å². The van der Waals surface area contributed by atoms with Crippen molar-refractivity contribution >= 4 is 0 Å². The molecule has 56 valence electrons. The van der Waals surface area contributed by atoms with Gasteiger partial charge in [-0.1, -0.05) is 12.1 Å². The summed E-state index contributed by atoms with van der Waals surface area (Å²) in [6.07, 6.45) is 1.84. The van der Waals surface area contributed by atoms with Gasteiger partial charge in [0.05, 0.1) is 18.0 Å². The Bertz CT molecular complexity index is 209. The van der Waals surface area contributed by atoms with Crippen LogP contribution in [-0.4, -0.2) is 20.1 Å². The predicted octanol–water partition coefficient (Wildman–Crippen LogP) is 0.258. The molecule has 0 saturated carbocycles. The Hall–Kier alpha value is -0.900. The van der Waals surface area contributed by atoms with E-state index < -0.39 is 6.10 Å². The van der Waals surface area contributed by atoms with E-state index in [0.717, 1.165) is 5.69 Å². The molecule has 1 aromatic rings. The summed E-state index contributed by atoms with van der Waals surface area (Å²) in [6, 6.07) is 0. The molecule has 1 N–H and O–H groups in total. The Morgan fingerprint density at radius 1 is 1.80 bits per heavy atom. The van der Waals surface area contributed by atoms with Gasteiger partial charge >= 0.3 is 0 Å². The Kier molecular flexibility index (Phi) is 2.01. The van der Waals surface area contributed by atoms with Crippen LogP contribution in [0.5, 0.6) is 0 Å². The predicted molar refractivity (Wildman–Crippen MR) is 36.3 cm³/mol. The first-order valence-corrected chi connectivity index (χ1v) is 3.28. The van der Waals surface area contributed by atoms with E-state index in [1.165, 1.54) is 0 Å². The normalized spacial score (nSPS) is 13.5. The number of nitrogens with zero attached hydrogens (tertiary/aromatic N) is 3. The van der Waals surface area contributed by atoms with E-state index in [1.54, 1.807) is 17.9 Å². The van der Waals surface area contributed by atoms with Gasteiger partial charge < -0.3 is 5.11 Å². The van der Waals surface area contributed by atoms with Crippen molar-refractivity contribution in [3.8, 4) is 0 Å². The lowest BCUT2D eigenvalue weighted by Crippen LogP contribution is -2.03. The Balaban J connectivity index is 2.82. The van der Waals surface area contributed by atoms with E-state index in [2.05, 4.69) is 10.3 Å². The molecule has 0 aliphatic rings. The molecular formula is C6H11N3O. The molecule has 0 aliphatic heterocycles. The number of aromatic nitrogens is 3. The Labute approximate surface area is 59.5 Å². The van der Waals surface area contributed by atoms with Crippen molar-refractivity contribution in [2.45, 2.75) is 19.4 Å². The lowest BCUT2D eigenvalue weighted by atomic mass is 10.2. The summed E-state index contributed by atoms with van der Waals surface area (Å²) in [5, 5.41) is 16.6. The second kappa shape index (κ2) is 2.79. The van der Waals surface area contributed by atoms with Crippen molar-refractivity contribution in [3.05, 3.63) is 11.9 Å². The van der Waals surface area contributed by atoms with E-state index in [-0.39, 0.29) is 0 Å². The summed E-state index contributed by atoms with van der Waals surface area (Å²) in [6.45, 7) is 1.91. The van der Waals surface area contributed by atoms with Gasteiger partial charge in [-0.2, -0.15) is 0 Å². The minimum atomic E-state index is -0.431. The summed E-state index contributed by atoms with van der Waals surface area (Å²) in [4.78, 5) is 0. The van der Waals surface area contributed by atoms with Crippen LogP contribution in [0.3, 0.4) is 0 Å². The number of aryl methyl sites for hydroxylation is 1. The highest BCUT2D eigenvalue weighted by Crippen LogP contribution is 2.12. The van der Waals surface area contributed by atoms with E-state index >= 15 is 0 Å². The first-order chi connectivity index (χ1) is 4.75. The van der Waals surface area contributed by atoms with Gasteiger partial charge in [-0.05, 0) is 6.42 Å². The Morgan fingerprint density at radius 2 is 2.50 bits per heavy atom. The second-order valence-corrected chi connectivity index (χ2v) is 2.21. The maximum atomic E-state index is 9.30. The molecule has 10 heavy (non-hydrogen) atoms. The summed E-state index contributed by atoms with van der Waals surface area (Å²) in [7, 11) is 1.77. The molecule has 1 heterocycles. The number of aliphatic hydroxyl groups excluding tert-OH is 1. The molecule has 0 aliphatic carbocycles. The van der Waals surface area contributed by atoms with Crippen molar-refractivity contribution in [2.75, 3.05) is 0 Å². The molecule has 0 aromatic carbocycles. The molecule has 1 unspecified atom stereocenters. The average molecular weight is 141 g/mol. The van der Waals surface area contributed by atoms with Crippen LogP contribution in [0.1, 0.15) is 25.1 Å². The first kappa shape index (κ1) is 7.21. The van der Waals surface area contributed by atoms with Crippen molar-refractivity contribution in [2.24, 2.45) is 7.05 Å². The molecular weight excluding hydrogens is 130 g/mol. The standard InChI is InChI=1S/C6H11N3O/c1-3-6(10)5-4-7-8-9(5)2/h4,6,10H,3H2,1-2H3. The molecule has 0 radical (unpaired) electrons. The van der Waals surface area contributed by atoms with Crippen LogP contribution in [0.4, 0.5) is 0 Å². The van der Waals surface area contributed by atoms with Crippen molar-refractivity contribution in [1.29, 1.82) is 0 Å². The zero-order chi connectivity index (χ0) is 7.56. The molecule has 0 fully saturated rings. The minimum Gasteiger partial charge on any atom is -0.387 e. The van der Waals surface area contributed by atoms with Gasteiger partial charge in [-0.15, -0.1) is 5.10 Å². The van der Waals surface area contributed by atoms with E-state index in [1.807, 2.05) is 6.92 Å². The highest BCUT2D eigenvalue weighted by molar-refractivity contribution is 4.97. The van der Waals surface area contributed by atoms with Crippen LogP contribution in [-0.2, 0) is 7.05 Å². The fourth-order valence-electron chi connectivity index (χ4n) is 0.808. The van der Waals surface area contributed by atoms with Crippen molar-refractivity contribution in [3.63, 3.8) is 0 Å². The highest BCUT2D eigenvalue weighted by Gasteiger charge is 2.08. The van der Waals surface area contributed by atoms with Crippen LogP contribution in [0, 0.1) is 0 Å². The first-order valence-electron chi connectivity index (χ1n) is 3.28. The topological polar surface area (TPSA) is 50.9 Å². The highest BCUT2D eigenvalue weighted by atomic mass is 16.3. The monoisotopic (exact) mass is 141 g/mol. The number of hydrogen-bond donors (Lipinski definition) is 1. The number of hydrogen-bond acceptors (Lipinski definition) is 3. The SMILES string of the molecule is CCC(O)c1cnnn1C. The van der Waals surface area contributed by atoms with Crippen LogP contribution in [0.25, 0.3) is 0 Å². The Morgan fingerprint density at radius 3 is 2.90 bits per heavy atom. The lowest BCUT2D eigenvalue weighted by molar-refractivity contribution is 0.164. The number of rotatable bonds is 2. The fourth-order valence-corrected chi connectivity index (χ4v) is 0.808. The van der Waals surface area contributed by atoms with Crippen LogP contribution in [0.15, 0.2) is 6.20 Å². The van der Waals surface area contributed by atoms with Gasteiger partial charge in [-0.3, -0.25) is 0 Å². The van der Waals surface area contributed by atoms with E-state index in [0.29, 0.717) is 6.42 Å². The summed E-state index contributed by atoms with van der Waals surface area (Å²) < 4.78 is 1.58. The molecule has 1 aromatic heterocycles. The maximum Gasteiger partial charge on any atom is 0.0970 e. The molecule has 1 atom stereocenters. The average Bonchev–Trinajstić information content (AvgIpc) is 2.34. The van der Waals surface area contributed by atoms with E-state index in [4.69, 9.17) is 0 Å². The lowest BCUT2D eigenvalue weighted by Gasteiger charge is -2.04. The third-order valence-corrected chi connectivity index (χ3v) is 1.48. The molecule has 0 spiro atoms. The second-order valence-electron chi connectivity index (χ2n) is 2.21. The molecule has 0 amide bonds. The smallest absolute Gasteiger partial charge is 0.0970 e. The van der Waals surface area contributed by atoms with Crippen LogP contribution in [0.2, 0.25) is 0 Å². The van der Waals surface area contributed by atoms with Gasteiger partial charge in [-0.25, -0.2) is 4.68 Å². The summed E-state index contributed by atoms with van der Waals surface area (Å²) in [5.74, 6) is 0. The zero-order valence-corrected chi connectivity index (χ0v) is 6.15. The van der Waals surface area contributed by atoms with Crippen LogP contribution >= 0.6 is 0 Å². The quantitative estimate of drug-likeness (QED) is 0.642. The summed E-state index contributed by atoms with van der Waals surface area (Å²) >= 11 is 0. The largest absolute Gasteiger partial charge is 0.387 e. The molecule has 0 bridgehead atoms. The number of aliphatic hydroxyl groups is 1. The summed E-state index contributed by atoms with van der Waals surface area (Å²) in [5.41, 5.74) is 0.766. The van der Waals surface area contributed by atoms with Crippen molar-refractivity contribution < 1.29 is 5.11 Å². The maximum absolute atomic E-state index is 9.30. The van der Waals surface area contributed by atoms with Gasteiger partial charge in [0.2, 0.25) is 0 Å². The van der Waals surface area contributed by atoms with Crippen LogP contribution < -0.4 is 0 Å². The molecule has 4 heteroatoms. The zero-order valence-electron chi connectivity index (χ0n) is 6.15. The van der Waals surface area contributed by atoms with Gasteiger partial charge in [0.25, 0.3) is 0 Å². The molecule has 1 rings (SSSR count). The third kappa shape index (κ3) is 1.16. The molecule has 4 nitrogen and oxygen atoms in total.